The van der Waals surface area contributed by atoms with Gasteiger partial charge in [-0.15, -0.1) is 5.10 Å². The molecule has 1 heterocycles. The van der Waals surface area contributed by atoms with Crippen LogP contribution < -0.4 is 11.1 Å². The average Bonchev–Trinajstić information content (AvgIpc) is 2.81. The zero-order chi connectivity index (χ0) is 17.5. The Bertz CT molecular complexity index is 728. The van der Waals surface area contributed by atoms with Crippen molar-refractivity contribution in [1.82, 2.24) is 20.1 Å². The van der Waals surface area contributed by atoms with Crippen LogP contribution in [0.15, 0.2) is 41.4 Å². The van der Waals surface area contributed by atoms with E-state index in [1.165, 1.54) is 10.8 Å². The van der Waals surface area contributed by atoms with E-state index in [0.29, 0.717) is 42.3 Å². The maximum atomic E-state index is 10.8. The van der Waals surface area contributed by atoms with E-state index in [2.05, 4.69) is 15.4 Å². The van der Waals surface area contributed by atoms with Gasteiger partial charge in [-0.3, -0.25) is 4.79 Å². The van der Waals surface area contributed by atoms with Crippen molar-refractivity contribution >= 4 is 18.1 Å². The van der Waals surface area contributed by atoms with Crippen molar-refractivity contribution in [3.63, 3.8) is 0 Å². The number of nitrogens with zero attached hydrogens (tertiary/aromatic N) is 3. The third-order valence-corrected chi connectivity index (χ3v) is 3.45. The number of anilines is 1. The molecular formula is C16H21N5O3. The lowest BCUT2D eigenvalue weighted by Gasteiger charge is -2.10. The number of methoxy groups -OCH3 is 2. The number of nitrogens with one attached hydrogen (secondary N) is 1. The van der Waals surface area contributed by atoms with Crippen molar-refractivity contribution in [2.24, 2.45) is 0 Å². The summed E-state index contributed by atoms with van der Waals surface area (Å²) >= 11 is 0. The molecule has 1 aliphatic carbocycles. The van der Waals surface area contributed by atoms with Crippen molar-refractivity contribution in [2.45, 2.75) is 12.8 Å². The summed E-state index contributed by atoms with van der Waals surface area (Å²) in [4.78, 5) is 15.0. The van der Waals surface area contributed by atoms with Gasteiger partial charge in [0.25, 0.3) is 0 Å². The van der Waals surface area contributed by atoms with Crippen LogP contribution in [-0.2, 0) is 20.7 Å². The highest BCUT2D eigenvalue weighted by Crippen LogP contribution is 2.22. The van der Waals surface area contributed by atoms with Gasteiger partial charge in [-0.2, -0.15) is 9.67 Å². The smallest absolute Gasteiger partial charge is 0.240 e. The van der Waals surface area contributed by atoms with E-state index >= 15 is 0 Å². The second kappa shape index (κ2) is 8.00. The predicted molar refractivity (Wildman–Crippen MR) is 90.4 cm³/mol. The molecule has 3 N–H and O–H groups in total. The molecule has 0 aliphatic heterocycles. The van der Waals surface area contributed by atoms with E-state index in [0.717, 1.165) is 5.57 Å². The molecule has 0 spiro atoms. The molecule has 0 radical (unpaired) electrons. The Hall–Kier alpha value is -3.03. The first-order chi connectivity index (χ1) is 11.6. The van der Waals surface area contributed by atoms with Gasteiger partial charge >= 0.3 is 0 Å². The van der Waals surface area contributed by atoms with Crippen molar-refractivity contribution < 1.29 is 14.3 Å². The van der Waals surface area contributed by atoms with Gasteiger partial charge in [-0.1, -0.05) is 11.6 Å². The van der Waals surface area contributed by atoms with Crippen LogP contribution >= 0.6 is 0 Å². The first kappa shape index (κ1) is 17.3. The highest BCUT2D eigenvalue weighted by molar-refractivity contribution is 5.74. The van der Waals surface area contributed by atoms with Gasteiger partial charge in [0.15, 0.2) is 11.5 Å². The Kier molecular flexibility index (Phi) is 5.78. The number of rotatable bonds is 7. The maximum Gasteiger partial charge on any atom is 0.240 e. The monoisotopic (exact) mass is 331 g/mol. The number of carbonyl (C=O) groups is 1. The molecule has 128 valence electrons. The number of aromatic nitrogens is 3. The zero-order valence-electron chi connectivity index (χ0n) is 13.9. The second-order valence-corrected chi connectivity index (χ2v) is 4.96. The molecule has 0 aromatic carbocycles. The standard InChI is InChI=1S/C16H21N5O3/c1-18-14(7-8-22)21-15(19-16(17)20-21)10-11-5-4-6-12(23-2)13(9-11)24-3/h4,6-9,18H,5,10H2,1-3H3,(H2,17,20)/b14-7+. The van der Waals surface area contributed by atoms with Gasteiger partial charge < -0.3 is 20.5 Å². The van der Waals surface area contributed by atoms with Gasteiger partial charge in [-0.25, -0.2) is 0 Å². The lowest BCUT2D eigenvalue weighted by Crippen LogP contribution is -2.16. The van der Waals surface area contributed by atoms with Crippen molar-refractivity contribution in [3.05, 3.63) is 47.2 Å². The highest BCUT2D eigenvalue weighted by Gasteiger charge is 2.15. The third-order valence-electron chi connectivity index (χ3n) is 3.45. The van der Waals surface area contributed by atoms with Gasteiger partial charge in [0.05, 0.1) is 14.2 Å². The average molecular weight is 331 g/mol. The van der Waals surface area contributed by atoms with Crippen LogP contribution in [0.3, 0.4) is 0 Å². The molecule has 24 heavy (non-hydrogen) atoms. The second-order valence-electron chi connectivity index (χ2n) is 4.96. The minimum atomic E-state index is 0.141. The first-order valence-corrected chi connectivity index (χ1v) is 7.36. The fourth-order valence-electron chi connectivity index (χ4n) is 2.36. The van der Waals surface area contributed by atoms with Gasteiger partial charge in [0.1, 0.15) is 17.9 Å². The van der Waals surface area contributed by atoms with Crippen LogP contribution in [0.5, 0.6) is 0 Å². The number of nitrogens with two attached hydrogens (primary N) is 1. The molecule has 0 fully saturated rings. The van der Waals surface area contributed by atoms with E-state index in [4.69, 9.17) is 15.2 Å². The normalized spacial score (nSPS) is 15.0. The Labute approximate surface area is 140 Å². The molecule has 0 amide bonds. The number of carbonyl (C=O) groups excluding carboxylic acids is 1. The number of ether oxygens (including phenoxy) is 2. The largest absolute Gasteiger partial charge is 0.493 e. The van der Waals surface area contributed by atoms with E-state index < -0.39 is 0 Å². The van der Waals surface area contributed by atoms with E-state index in [-0.39, 0.29) is 5.95 Å². The summed E-state index contributed by atoms with van der Waals surface area (Å²) in [6.45, 7) is 0. The van der Waals surface area contributed by atoms with Crippen molar-refractivity contribution in [2.75, 3.05) is 27.0 Å². The lowest BCUT2D eigenvalue weighted by molar-refractivity contribution is -0.104. The number of aldehydes is 1. The summed E-state index contributed by atoms with van der Waals surface area (Å²) in [7, 11) is 4.88. The Morgan fingerprint density at radius 1 is 1.42 bits per heavy atom. The number of hydrogen-bond acceptors (Lipinski definition) is 7. The third kappa shape index (κ3) is 3.83. The molecule has 0 saturated carbocycles. The summed E-state index contributed by atoms with van der Waals surface area (Å²) in [5, 5.41) is 7.05. The van der Waals surface area contributed by atoms with E-state index in [1.807, 2.05) is 18.2 Å². The van der Waals surface area contributed by atoms with Gasteiger partial charge in [-0.05, 0) is 18.6 Å². The van der Waals surface area contributed by atoms with Gasteiger partial charge in [0.2, 0.25) is 5.95 Å². The minimum absolute atomic E-state index is 0.141. The Morgan fingerprint density at radius 2 is 2.17 bits per heavy atom. The summed E-state index contributed by atoms with van der Waals surface area (Å²) in [6.07, 6.45) is 9.01. The molecule has 2 rings (SSSR count). The topological polar surface area (TPSA) is 104 Å². The fourth-order valence-corrected chi connectivity index (χ4v) is 2.36. The molecule has 0 saturated heterocycles. The lowest BCUT2D eigenvalue weighted by atomic mass is 10.1. The molecule has 0 bridgehead atoms. The summed E-state index contributed by atoms with van der Waals surface area (Å²) in [5.74, 6) is 2.55. The van der Waals surface area contributed by atoms with Crippen LogP contribution in [0.4, 0.5) is 5.95 Å². The van der Waals surface area contributed by atoms with Crippen LogP contribution in [-0.4, -0.2) is 42.3 Å². The highest BCUT2D eigenvalue weighted by atomic mass is 16.5. The maximum absolute atomic E-state index is 10.8. The van der Waals surface area contributed by atoms with Gasteiger partial charge in [0, 0.05) is 19.5 Å². The fraction of sp³-hybridized carbons (Fsp3) is 0.312. The van der Waals surface area contributed by atoms with Crippen LogP contribution in [0.25, 0.3) is 5.82 Å². The summed E-state index contributed by atoms with van der Waals surface area (Å²) in [6, 6.07) is 0. The SMILES string of the molecule is CN/C(=C\C=O)n1nc(N)nc1CC1=CC(OC)=C(OC)C=CC1. The van der Waals surface area contributed by atoms with Crippen molar-refractivity contribution in [3.8, 4) is 0 Å². The molecule has 8 heteroatoms. The van der Waals surface area contributed by atoms with E-state index in [1.54, 1.807) is 21.3 Å². The molecular weight excluding hydrogens is 310 g/mol. The first-order valence-electron chi connectivity index (χ1n) is 7.36. The number of nitrogen functional groups attached to an aromatic ring is 1. The van der Waals surface area contributed by atoms with E-state index in [9.17, 15) is 4.79 Å². The predicted octanol–water partition coefficient (Wildman–Crippen LogP) is 1.01. The molecule has 1 aromatic rings. The summed E-state index contributed by atoms with van der Waals surface area (Å²) < 4.78 is 12.2. The molecule has 1 aromatic heterocycles. The number of allylic oxidation sites excluding steroid dienone is 5. The Balaban J connectivity index is 2.37. The summed E-state index contributed by atoms with van der Waals surface area (Å²) in [5.41, 5.74) is 6.77. The molecule has 0 atom stereocenters. The quantitative estimate of drug-likeness (QED) is 0.567. The van der Waals surface area contributed by atoms with Crippen LogP contribution in [0.2, 0.25) is 0 Å². The zero-order valence-corrected chi connectivity index (χ0v) is 13.9. The van der Waals surface area contributed by atoms with Crippen LogP contribution in [0, 0.1) is 0 Å². The molecule has 0 unspecified atom stereocenters. The van der Waals surface area contributed by atoms with Crippen LogP contribution in [0.1, 0.15) is 12.2 Å². The molecule has 8 nitrogen and oxygen atoms in total. The minimum Gasteiger partial charge on any atom is -0.493 e. The molecule has 1 aliphatic rings. The Morgan fingerprint density at radius 3 is 2.79 bits per heavy atom. The van der Waals surface area contributed by atoms with Crippen molar-refractivity contribution in [1.29, 1.82) is 0 Å². The number of hydrogen-bond donors (Lipinski definition) is 2.